The molecule has 0 amide bonds. The van der Waals surface area contributed by atoms with Gasteiger partial charge in [0.05, 0.1) is 33.5 Å². The molecule has 0 aromatic heterocycles. The van der Waals surface area contributed by atoms with Gasteiger partial charge in [0, 0.05) is 23.4 Å². The number of hydrogen-bond donors (Lipinski definition) is 0. The monoisotopic (exact) mass is 465 g/mol. The van der Waals surface area contributed by atoms with Gasteiger partial charge in [0.1, 0.15) is 0 Å². The molecule has 6 nitrogen and oxygen atoms in total. The predicted octanol–water partition coefficient (Wildman–Crippen LogP) is 4.48. The van der Waals surface area contributed by atoms with E-state index >= 15 is 0 Å². The van der Waals surface area contributed by atoms with Gasteiger partial charge >= 0.3 is 5.97 Å². The zero-order chi connectivity index (χ0) is 24.0. The predicted molar refractivity (Wildman–Crippen MR) is 130 cm³/mol. The number of carbonyl (C=O) groups is 1. The van der Waals surface area contributed by atoms with Gasteiger partial charge < -0.3 is 18.9 Å². The van der Waals surface area contributed by atoms with Crippen molar-refractivity contribution in [3.05, 3.63) is 53.1 Å². The van der Waals surface area contributed by atoms with E-state index < -0.39 is 0 Å². The second-order valence-electron chi connectivity index (χ2n) is 9.99. The summed E-state index contributed by atoms with van der Waals surface area (Å²) in [5.41, 5.74) is 3.72. The van der Waals surface area contributed by atoms with E-state index in [1.165, 1.54) is 5.56 Å². The Morgan fingerprint density at radius 2 is 1.76 bits per heavy atom. The molecule has 34 heavy (non-hydrogen) atoms. The minimum Gasteiger partial charge on any atom is -0.493 e. The first-order chi connectivity index (χ1) is 16.5. The molecule has 2 heterocycles. The van der Waals surface area contributed by atoms with E-state index in [0.717, 1.165) is 25.7 Å². The molecule has 4 unspecified atom stereocenters. The van der Waals surface area contributed by atoms with Crippen molar-refractivity contribution in [2.75, 3.05) is 35.0 Å². The first kappa shape index (κ1) is 23.0. The molecule has 0 N–H and O–H groups in total. The lowest BCUT2D eigenvalue weighted by Crippen LogP contribution is -2.68. The molecule has 2 aliphatic heterocycles. The fourth-order valence-electron chi connectivity index (χ4n) is 7.18. The fraction of sp³-hybridized carbons (Fsp3) is 0.536. The largest absolute Gasteiger partial charge is 0.493 e. The molecule has 182 valence electrons. The quantitative estimate of drug-likeness (QED) is 0.562. The molecule has 4 aliphatic rings. The number of rotatable bonds is 7. The summed E-state index contributed by atoms with van der Waals surface area (Å²) in [7, 11) is 6.89. The first-order valence-electron chi connectivity index (χ1n) is 12.2. The normalized spacial score (nSPS) is 29.3. The number of ether oxygens (including phenoxy) is 4. The Morgan fingerprint density at radius 1 is 1.06 bits per heavy atom. The van der Waals surface area contributed by atoms with E-state index in [0.29, 0.717) is 53.3 Å². The minimum atomic E-state index is -0.362. The molecular formula is C28H35NO5. The van der Waals surface area contributed by atoms with E-state index in [2.05, 4.69) is 43.1 Å². The molecular weight excluding hydrogens is 430 g/mol. The molecule has 2 aliphatic carbocycles. The molecule has 2 saturated heterocycles. The van der Waals surface area contributed by atoms with Crippen LogP contribution in [0.5, 0.6) is 17.2 Å². The van der Waals surface area contributed by atoms with E-state index in [1.807, 2.05) is 0 Å². The number of esters is 1. The summed E-state index contributed by atoms with van der Waals surface area (Å²) < 4.78 is 22.0. The number of piperidine rings is 2. The van der Waals surface area contributed by atoms with Crippen molar-refractivity contribution in [1.82, 2.24) is 4.90 Å². The van der Waals surface area contributed by atoms with Crippen molar-refractivity contribution in [3.8, 4) is 17.2 Å². The average molecular weight is 466 g/mol. The Balaban J connectivity index is 1.34. The van der Waals surface area contributed by atoms with Crippen LogP contribution >= 0.6 is 0 Å². The van der Waals surface area contributed by atoms with Gasteiger partial charge in [0.15, 0.2) is 11.5 Å². The lowest BCUT2D eigenvalue weighted by molar-refractivity contribution is -0.107. The van der Waals surface area contributed by atoms with Crippen LogP contribution in [0.2, 0.25) is 0 Å². The van der Waals surface area contributed by atoms with Crippen LogP contribution in [-0.2, 0) is 16.6 Å². The van der Waals surface area contributed by atoms with Gasteiger partial charge in [-0.25, -0.2) is 4.79 Å². The van der Waals surface area contributed by atoms with Crippen molar-refractivity contribution >= 4 is 5.97 Å². The fourth-order valence-corrected chi connectivity index (χ4v) is 7.18. The number of fused-ring (bicyclic) bond motifs is 2. The molecule has 6 rings (SSSR count). The number of nitrogens with zero attached hydrogens (tertiary/aromatic N) is 1. The molecule has 6 heteroatoms. The van der Waals surface area contributed by atoms with Gasteiger partial charge in [-0.2, -0.15) is 0 Å². The van der Waals surface area contributed by atoms with Crippen molar-refractivity contribution in [3.63, 3.8) is 0 Å². The average Bonchev–Trinajstić information content (AvgIpc) is 2.88. The Kier molecular flexibility index (Phi) is 5.96. The van der Waals surface area contributed by atoms with Crippen LogP contribution in [0.4, 0.5) is 0 Å². The van der Waals surface area contributed by atoms with Gasteiger partial charge in [-0.3, -0.25) is 4.90 Å². The lowest BCUT2D eigenvalue weighted by Gasteiger charge is -2.65. The zero-order valence-corrected chi connectivity index (χ0v) is 20.8. The number of hydrogen-bond acceptors (Lipinski definition) is 6. The number of carbonyl (C=O) groups excluding carboxylic acids is 1. The van der Waals surface area contributed by atoms with Gasteiger partial charge in [-0.15, -0.1) is 0 Å². The first-order valence-corrected chi connectivity index (χ1v) is 12.2. The molecule has 0 radical (unpaired) electrons. The van der Waals surface area contributed by atoms with Crippen LogP contribution in [0, 0.1) is 11.8 Å². The third-order valence-corrected chi connectivity index (χ3v) is 8.84. The van der Waals surface area contributed by atoms with E-state index in [9.17, 15) is 4.79 Å². The molecule has 2 aromatic carbocycles. The van der Waals surface area contributed by atoms with Crippen LogP contribution in [0.15, 0.2) is 36.4 Å². The molecule has 4 bridgehead atoms. The van der Waals surface area contributed by atoms with Crippen LogP contribution in [0.25, 0.3) is 0 Å². The van der Waals surface area contributed by atoms with Gasteiger partial charge in [-0.05, 0) is 61.9 Å². The lowest BCUT2D eigenvalue weighted by atomic mass is 9.48. The third kappa shape index (κ3) is 3.37. The summed E-state index contributed by atoms with van der Waals surface area (Å²) in [6.07, 6.45) is 4.51. The summed E-state index contributed by atoms with van der Waals surface area (Å²) >= 11 is 0. The Bertz CT molecular complexity index is 1060. The highest BCUT2D eigenvalue weighted by Crippen LogP contribution is 2.59. The van der Waals surface area contributed by atoms with Gasteiger partial charge in [-0.1, -0.05) is 31.2 Å². The number of benzene rings is 2. The molecule has 0 spiro atoms. The highest BCUT2D eigenvalue weighted by molar-refractivity contribution is 5.91. The van der Waals surface area contributed by atoms with Crippen molar-refractivity contribution in [2.24, 2.45) is 11.8 Å². The van der Waals surface area contributed by atoms with E-state index in [4.69, 9.17) is 18.9 Å². The van der Waals surface area contributed by atoms with Crippen LogP contribution in [-0.4, -0.2) is 57.9 Å². The standard InChI is InChI=1S/C28H35NO5/c1-6-28-15-23-19(11-21(28)22(29(23)2)12-17-9-7-8-10-20(17)28)16-34-27(30)18-13-24(31-3)26(33-5)25(14-18)32-4/h7-10,13-14,19,21-23H,6,11-12,15-16H2,1-5H3/t19?,21?,22?,23?,28-/m0/s1. The summed E-state index contributed by atoms with van der Waals surface area (Å²) in [6.45, 7) is 2.77. The van der Waals surface area contributed by atoms with Crippen molar-refractivity contribution in [2.45, 2.75) is 50.1 Å². The second-order valence-corrected chi connectivity index (χ2v) is 9.99. The van der Waals surface area contributed by atoms with Gasteiger partial charge in [0.25, 0.3) is 0 Å². The van der Waals surface area contributed by atoms with E-state index in [1.54, 1.807) is 39.0 Å². The Labute approximate surface area is 202 Å². The number of likely N-dealkylation sites (N-methyl/N-ethyl adjacent to an activating group) is 1. The smallest absolute Gasteiger partial charge is 0.338 e. The molecule has 3 fully saturated rings. The zero-order valence-electron chi connectivity index (χ0n) is 20.8. The third-order valence-electron chi connectivity index (χ3n) is 8.84. The van der Waals surface area contributed by atoms with E-state index in [-0.39, 0.29) is 11.4 Å². The highest BCUT2D eigenvalue weighted by Gasteiger charge is 2.59. The maximum atomic E-state index is 13.0. The topological polar surface area (TPSA) is 57.2 Å². The number of methoxy groups -OCH3 is 3. The molecule has 1 saturated carbocycles. The summed E-state index contributed by atoms with van der Waals surface area (Å²) in [5.74, 6) is 1.92. The van der Waals surface area contributed by atoms with Crippen molar-refractivity contribution in [1.29, 1.82) is 0 Å². The summed E-state index contributed by atoms with van der Waals surface area (Å²) in [4.78, 5) is 15.6. The minimum absolute atomic E-state index is 0.244. The SMILES string of the molecule is CC[C@@]12CC3C(COC(=O)c4cc(OC)c(OC)c(OC)c4)CC1C(Cc1ccccc12)N3C. The second kappa shape index (κ2) is 8.81. The summed E-state index contributed by atoms with van der Waals surface area (Å²) in [5, 5.41) is 0. The Hall–Kier alpha value is -2.73. The van der Waals surface area contributed by atoms with Crippen LogP contribution in [0.3, 0.4) is 0 Å². The Morgan fingerprint density at radius 3 is 2.41 bits per heavy atom. The summed E-state index contributed by atoms with van der Waals surface area (Å²) in [6, 6.07) is 13.3. The maximum Gasteiger partial charge on any atom is 0.338 e. The van der Waals surface area contributed by atoms with Crippen molar-refractivity contribution < 1.29 is 23.7 Å². The molecule has 5 atom stereocenters. The van der Waals surface area contributed by atoms with Crippen LogP contribution < -0.4 is 14.2 Å². The molecule has 2 aromatic rings. The van der Waals surface area contributed by atoms with Crippen LogP contribution in [0.1, 0.15) is 47.7 Å². The van der Waals surface area contributed by atoms with Gasteiger partial charge in [0.2, 0.25) is 5.75 Å². The highest BCUT2D eigenvalue weighted by atomic mass is 16.5. The maximum absolute atomic E-state index is 13.0.